The molecule has 0 amide bonds. The number of benzene rings is 2. The van der Waals surface area contributed by atoms with Crippen LogP contribution in [0.1, 0.15) is 97.3 Å². The van der Waals surface area contributed by atoms with E-state index in [9.17, 15) is 13.6 Å². The number of halogens is 2. The van der Waals surface area contributed by atoms with Crippen LogP contribution in [0.25, 0.3) is 11.1 Å². The maximum Gasteiger partial charge on any atom is 0.314 e. The van der Waals surface area contributed by atoms with Crippen LogP contribution in [0.5, 0.6) is 11.5 Å². The molecule has 0 spiro atoms. The average Bonchev–Trinajstić information content (AvgIpc) is 2.84. The Balaban J connectivity index is 1.44. The van der Waals surface area contributed by atoms with Gasteiger partial charge in [-0.25, -0.2) is 8.78 Å². The zero-order valence-corrected chi connectivity index (χ0v) is 22.0. The highest BCUT2D eigenvalue weighted by Crippen LogP contribution is 2.38. The summed E-state index contributed by atoms with van der Waals surface area (Å²) in [6.45, 7) is 4.86. The maximum atomic E-state index is 14.7. The van der Waals surface area contributed by atoms with Crippen LogP contribution in [-0.4, -0.2) is 12.6 Å². The molecule has 198 valence electrons. The van der Waals surface area contributed by atoms with Crippen molar-refractivity contribution in [1.82, 2.24) is 0 Å². The van der Waals surface area contributed by atoms with Gasteiger partial charge in [0.05, 0.1) is 12.5 Å². The Labute approximate surface area is 215 Å². The first-order chi connectivity index (χ1) is 17.5. The number of unbranched alkanes of at least 4 members (excludes halogenated alkanes) is 8. The Kier molecular flexibility index (Phi) is 11.7. The number of hydrogen-bond donors (Lipinski definition) is 0. The molecule has 5 heteroatoms. The van der Waals surface area contributed by atoms with Gasteiger partial charge in [-0.05, 0) is 60.6 Å². The smallest absolute Gasteiger partial charge is 0.314 e. The van der Waals surface area contributed by atoms with Crippen LogP contribution >= 0.6 is 0 Å². The second kappa shape index (κ2) is 15.0. The minimum atomic E-state index is -0.627. The van der Waals surface area contributed by atoms with Crippen molar-refractivity contribution in [2.45, 2.75) is 97.3 Å². The lowest BCUT2D eigenvalue weighted by Gasteiger charge is -2.33. The summed E-state index contributed by atoms with van der Waals surface area (Å²) in [6.07, 6.45) is 14.7. The molecular formula is C31H42F2O3. The van der Waals surface area contributed by atoms with E-state index in [1.807, 2.05) is 0 Å². The summed E-state index contributed by atoms with van der Waals surface area (Å²) < 4.78 is 40.2. The topological polar surface area (TPSA) is 35.5 Å². The number of carbonyl (C=O) groups is 1. The minimum absolute atomic E-state index is 0.0773. The summed E-state index contributed by atoms with van der Waals surface area (Å²) in [7, 11) is 0. The van der Waals surface area contributed by atoms with Crippen LogP contribution in [0.2, 0.25) is 0 Å². The molecular weight excluding hydrogens is 458 g/mol. The van der Waals surface area contributed by atoms with Gasteiger partial charge >= 0.3 is 5.97 Å². The third kappa shape index (κ3) is 8.60. The summed E-state index contributed by atoms with van der Waals surface area (Å²) in [5.41, 5.74) is 1.06. The molecule has 0 heterocycles. The summed E-state index contributed by atoms with van der Waals surface area (Å²) >= 11 is 0. The Morgan fingerprint density at radius 2 is 1.33 bits per heavy atom. The number of ether oxygens (including phenoxy) is 2. The van der Waals surface area contributed by atoms with E-state index in [1.165, 1.54) is 63.1 Å². The average molecular weight is 501 g/mol. The van der Waals surface area contributed by atoms with Crippen molar-refractivity contribution in [2.24, 2.45) is 11.8 Å². The molecule has 2 aromatic carbocycles. The Morgan fingerprint density at radius 3 is 1.92 bits per heavy atom. The molecule has 3 rings (SSSR count). The molecule has 1 saturated carbocycles. The van der Waals surface area contributed by atoms with E-state index in [0.29, 0.717) is 23.7 Å². The molecule has 0 N–H and O–H groups in total. The van der Waals surface area contributed by atoms with E-state index in [1.54, 1.807) is 18.2 Å². The van der Waals surface area contributed by atoms with Crippen LogP contribution in [0.3, 0.4) is 0 Å². The van der Waals surface area contributed by atoms with Crippen molar-refractivity contribution in [3.8, 4) is 22.6 Å². The number of hydrogen-bond acceptors (Lipinski definition) is 3. The minimum Gasteiger partial charge on any atom is -0.491 e. The largest absolute Gasteiger partial charge is 0.491 e. The third-order valence-corrected chi connectivity index (χ3v) is 7.20. The van der Waals surface area contributed by atoms with Gasteiger partial charge in [-0.3, -0.25) is 4.79 Å². The fourth-order valence-electron chi connectivity index (χ4n) is 4.83. The van der Waals surface area contributed by atoms with Crippen molar-refractivity contribution in [1.29, 1.82) is 0 Å². The maximum absolute atomic E-state index is 14.7. The van der Waals surface area contributed by atoms with Gasteiger partial charge in [-0.15, -0.1) is 0 Å². The van der Waals surface area contributed by atoms with Gasteiger partial charge in [0, 0.05) is 0 Å². The first kappa shape index (κ1) is 28.1. The molecule has 0 aliphatic heterocycles. The zero-order chi connectivity index (χ0) is 25.8. The van der Waals surface area contributed by atoms with Gasteiger partial charge in [-0.1, -0.05) is 90.2 Å². The summed E-state index contributed by atoms with van der Waals surface area (Å²) in [6, 6.07) is 9.04. The van der Waals surface area contributed by atoms with Gasteiger partial charge in [0.1, 0.15) is 0 Å². The molecule has 0 aromatic heterocycles. The molecule has 0 radical (unpaired) electrons. The second-order valence-electron chi connectivity index (χ2n) is 10.2. The lowest BCUT2D eigenvalue weighted by Crippen LogP contribution is -2.33. The van der Waals surface area contributed by atoms with Crippen molar-refractivity contribution < 1.29 is 23.0 Å². The number of rotatable bonds is 16. The van der Waals surface area contributed by atoms with E-state index in [0.717, 1.165) is 38.5 Å². The second-order valence-corrected chi connectivity index (χ2v) is 10.2. The summed E-state index contributed by atoms with van der Waals surface area (Å²) in [4.78, 5) is 12.3. The van der Waals surface area contributed by atoms with Gasteiger partial charge in [0.25, 0.3) is 0 Å². The fraction of sp³-hybridized carbons (Fsp3) is 0.581. The van der Waals surface area contributed by atoms with E-state index >= 15 is 0 Å². The van der Waals surface area contributed by atoms with Gasteiger partial charge in [0.15, 0.2) is 23.1 Å². The SMILES string of the molecule is CCCCCCCCCCOc1ccc(-c2ccc(OC(=O)C3CC(CCCC)C3)c(F)c2)cc1F. The fourth-order valence-corrected chi connectivity index (χ4v) is 4.83. The molecule has 1 aliphatic carbocycles. The lowest BCUT2D eigenvalue weighted by molar-refractivity contribution is -0.143. The highest BCUT2D eigenvalue weighted by Gasteiger charge is 2.35. The van der Waals surface area contributed by atoms with E-state index in [2.05, 4.69) is 13.8 Å². The van der Waals surface area contributed by atoms with Crippen molar-refractivity contribution in [3.63, 3.8) is 0 Å². The van der Waals surface area contributed by atoms with Crippen LogP contribution in [0, 0.1) is 23.5 Å². The predicted octanol–water partition coefficient (Wildman–Crippen LogP) is 9.27. The highest BCUT2D eigenvalue weighted by atomic mass is 19.1. The molecule has 1 aliphatic rings. The van der Waals surface area contributed by atoms with Crippen LogP contribution in [0.15, 0.2) is 36.4 Å². The van der Waals surface area contributed by atoms with Crippen molar-refractivity contribution >= 4 is 5.97 Å². The van der Waals surface area contributed by atoms with E-state index in [4.69, 9.17) is 9.47 Å². The first-order valence-corrected chi connectivity index (χ1v) is 14.0. The standard InChI is InChI=1S/C31H42F2O3/c1-3-5-7-8-9-10-11-12-18-35-29-16-14-24(21-27(29)32)25-15-17-30(28(33)22-25)36-31(34)26-19-23(20-26)13-6-4-2/h14-17,21-23,26H,3-13,18-20H2,1-2H3. The normalized spacial score (nSPS) is 17.0. The molecule has 0 bridgehead atoms. The lowest BCUT2D eigenvalue weighted by atomic mass is 9.72. The molecule has 0 saturated heterocycles. The Morgan fingerprint density at radius 1 is 0.778 bits per heavy atom. The quantitative estimate of drug-likeness (QED) is 0.131. The Hall–Kier alpha value is -2.43. The molecule has 3 nitrogen and oxygen atoms in total. The molecule has 36 heavy (non-hydrogen) atoms. The predicted molar refractivity (Wildman–Crippen MR) is 141 cm³/mol. The van der Waals surface area contributed by atoms with Crippen LogP contribution < -0.4 is 9.47 Å². The Bertz CT molecular complexity index is 953. The summed E-state index contributed by atoms with van der Waals surface area (Å²) in [5, 5.41) is 0. The number of carbonyl (C=O) groups excluding carboxylic acids is 1. The molecule has 2 aromatic rings. The van der Waals surface area contributed by atoms with Gasteiger partial charge in [0.2, 0.25) is 0 Å². The van der Waals surface area contributed by atoms with Crippen molar-refractivity contribution in [2.75, 3.05) is 6.61 Å². The van der Waals surface area contributed by atoms with Crippen molar-refractivity contribution in [3.05, 3.63) is 48.0 Å². The zero-order valence-electron chi connectivity index (χ0n) is 22.0. The highest BCUT2D eigenvalue weighted by molar-refractivity contribution is 5.76. The van der Waals surface area contributed by atoms with Crippen LogP contribution in [0.4, 0.5) is 8.78 Å². The van der Waals surface area contributed by atoms with E-state index in [-0.39, 0.29) is 23.4 Å². The molecule has 1 fully saturated rings. The number of esters is 1. The third-order valence-electron chi connectivity index (χ3n) is 7.20. The first-order valence-electron chi connectivity index (χ1n) is 14.0. The van der Waals surface area contributed by atoms with E-state index < -0.39 is 11.6 Å². The monoisotopic (exact) mass is 500 g/mol. The molecule has 0 atom stereocenters. The molecule has 0 unspecified atom stereocenters. The van der Waals surface area contributed by atoms with Crippen LogP contribution in [-0.2, 0) is 4.79 Å². The van der Waals surface area contributed by atoms with Gasteiger partial charge < -0.3 is 9.47 Å². The van der Waals surface area contributed by atoms with Gasteiger partial charge in [-0.2, -0.15) is 0 Å². The summed E-state index contributed by atoms with van der Waals surface area (Å²) in [5.74, 6) is -0.880.